The smallest absolute Gasteiger partial charge is 0.165 e. The summed E-state index contributed by atoms with van der Waals surface area (Å²) in [5, 5.41) is 4.33. The van der Waals surface area contributed by atoms with Crippen molar-refractivity contribution in [3.05, 3.63) is 140 Å². The van der Waals surface area contributed by atoms with E-state index >= 15 is 0 Å². The van der Waals surface area contributed by atoms with Gasteiger partial charge in [-0.2, -0.15) is 0 Å². The molecule has 41 heavy (non-hydrogen) atoms. The lowest BCUT2D eigenvalue weighted by molar-refractivity contribution is 0.669. The fraction of sp³-hybridized carbons (Fsp3) is 0. The highest BCUT2D eigenvalue weighted by Crippen LogP contribution is 2.43. The molecule has 0 amide bonds. The largest absolute Gasteiger partial charge is 0.456 e. The molecule has 2 aromatic heterocycles. The van der Waals surface area contributed by atoms with Crippen molar-refractivity contribution in [2.24, 2.45) is 0 Å². The van der Waals surface area contributed by atoms with Crippen LogP contribution in [0.15, 0.2) is 144 Å². The van der Waals surface area contributed by atoms with E-state index in [-0.39, 0.29) is 0 Å². The van der Waals surface area contributed by atoms with E-state index in [1.807, 2.05) is 66.7 Å². The molecular weight excluding hydrogens is 502 g/mol. The Morgan fingerprint density at radius 2 is 0.927 bits per heavy atom. The minimum Gasteiger partial charge on any atom is -0.456 e. The molecule has 2 heterocycles. The van der Waals surface area contributed by atoms with E-state index in [1.165, 1.54) is 0 Å². The minimum atomic E-state index is 0.609. The molecule has 0 spiro atoms. The predicted molar refractivity (Wildman–Crippen MR) is 166 cm³/mol. The maximum Gasteiger partial charge on any atom is 0.165 e. The van der Waals surface area contributed by atoms with E-state index in [0.717, 1.165) is 60.5 Å². The number of hydrogen-bond acceptors (Lipinski definition) is 4. The Labute approximate surface area is 236 Å². The van der Waals surface area contributed by atoms with Crippen molar-refractivity contribution in [3.8, 4) is 45.3 Å². The molecule has 0 aliphatic heterocycles. The van der Waals surface area contributed by atoms with Gasteiger partial charge in [-0.15, -0.1) is 0 Å². The highest BCUT2D eigenvalue weighted by Gasteiger charge is 2.22. The lowest BCUT2D eigenvalue weighted by atomic mass is 9.94. The van der Waals surface area contributed by atoms with E-state index in [4.69, 9.17) is 19.4 Å². The maximum atomic E-state index is 6.47. The molecule has 0 radical (unpaired) electrons. The molecule has 8 rings (SSSR count). The van der Waals surface area contributed by atoms with Crippen molar-refractivity contribution in [2.45, 2.75) is 0 Å². The van der Waals surface area contributed by atoms with Gasteiger partial charge in [0.15, 0.2) is 17.5 Å². The lowest BCUT2D eigenvalue weighted by Crippen LogP contribution is -2.01. The zero-order chi connectivity index (χ0) is 27.2. The van der Waals surface area contributed by atoms with Crippen LogP contribution in [0.1, 0.15) is 0 Å². The van der Waals surface area contributed by atoms with Gasteiger partial charge in [0, 0.05) is 27.5 Å². The lowest BCUT2D eigenvalue weighted by Gasteiger charge is -2.13. The maximum absolute atomic E-state index is 6.47. The number of fused-ring (bicyclic) bond motifs is 4. The molecule has 4 nitrogen and oxygen atoms in total. The zero-order valence-corrected chi connectivity index (χ0v) is 22.0. The van der Waals surface area contributed by atoms with Crippen molar-refractivity contribution in [1.82, 2.24) is 15.0 Å². The van der Waals surface area contributed by atoms with Gasteiger partial charge in [0.1, 0.15) is 11.2 Å². The molecule has 0 aliphatic rings. The molecule has 4 heteroatoms. The normalized spacial score (nSPS) is 11.4. The quantitative estimate of drug-likeness (QED) is 0.230. The molecule has 0 saturated heterocycles. The molecule has 0 fully saturated rings. The van der Waals surface area contributed by atoms with Gasteiger partial charge in [-0.05, 0) is 46.2 Å². The third-order valence-electron chi connectivity index (χ3n) is 7.51. The van der Waals surface area contributed by atoms with E-state index in [0.29, 0.717) is 17.5 Å². The molecule has 0 aliphatic carbocycles. The summed E-state index contributed by atoms with van der Waals surface area (Å²) in [6.45, 7) is 0. The first kappa shape index (κ1) is 23.3. The fourth-order valence-corrected chi connectivity index (χ4v) is 5.56. The molecule has 0 unspecified atom stereocenters. The van der Waals surface area contributed by atoms with Gasteiger partial charge in [-0.25, -0.2) is 15.0 Å². The van der Waals surface area contributed by atoms with Crippen LogP contribution in [0.2, 0.25) is 0 Å². The summed E-state index contributed by atoms with van der Waals surface area (Å²) in [6, 6.07) is 47.4. The second-order valence-electron chi connectivity index (χ2n) is 10.1. The standard InChI is InChI=1S/C37H23N3O/c1-4-12-24(13-5-1)29-20-21-31-33(30-22-27-18-10-11-19-28(27)23-32(30)41-31)34(29)37-39-35(25-14-6-2-7-15-25)38-36(40-37)26-16-8-3-9-17-26/h1-23H. The first-order valence-corrected chi connectivity index (χ1v) is 13.6. The number of aromatic nitrogens is 3. The summed E-state index contributed by atoms with van der Waals surface area (Å²) in [5.74, 6) is 1.87. The second kappa shape index (κ2) is 9.54. The topological polar surface area (TPSA) is 51.8 Å². The van der Waals surface area contributed by atoms with E-state index in [1.54, 1.807) is 0 Å². The molecule has 0 bridgehead atoms. The Balaban J connectivity index is 1.51. The van der Waals surface area contributed by atoms with Crippen LogP contribution in [0.5, 0.6) is 0 Å². The van der Waals surface area contributed by atoms with Crippen LogP contribution >= 0.6 is 0 Å². The molecule has 0 atom stereocenters. The van der Waals surface area contributed by atoms with Crippen molar-refractivity contribution >= 4 is 32.7 Å². The van der Waals surface area contributed by atoms with Crippen LogP contribution in [0.4, 0.5) is 0 Å². The van der Waals surface area contributed by atoms with E-state index in [9.17, 15) is 0 Å². The van der Waals surface area contributed by atoms with Crippen molar-refractivity contribution in [3.63, 3.8) is 0 Å². The zero-order valence-electron chi connectivity index (χ0n) is 22.0. The van der Waals surface area contributed by atoms with Crippen molar-refractivity contribution < 1.29 is 4.42 Å². The fourth-order valence-electron chi connectivity index (χ4n) is 5.56. The Morgan fingerprint density at radius 1 is 0.415 bits per heavy atom. The first-order chi connectivity index (χ1) is 20.3. The highest BCUT2D eigenvalue weighted by molar-refractivity contribution is 6.17. The molecule has 0 saturated carbocycles. The number of hydrogen-bond donors (Lipinski definition) is 0. The summed E-state index contributed by atoms with van der Waals surface area (Å²) >= 11 is 0. The number of nitrogens with zero attached hydrogens (tertiary/aromatic N) is 3. The van der Waals surface area contributed by atoms with E-state index in [2.05, 4.69) is 72.8 Å². The minimum absolute atomic E-state index is 0.609. The van der Waals surface area contributed by atoms with Crippen LogP contribution in [0, 0.1) is 0 Å². The summed E-state index contributed by atoms with van der Waals surface area (Å²) in [7, 11) is 0. The summed E-state index contributed by atoms with van der Waals surface area (Å²) in [5.41, 5.74) is 6.56. The molecule has 0 N–H and O–H groups in total. The van der Waals surface area contributed by atoms with Crippen LogP contribution in [0.25, 0.3) is 78.0 Å². The number of benzene rings is 6. The number of rotatable bonds is 4. The predicted octanol–water partition coefficient (Wildman–Crippen LogP) is 9.59. The van der Waals surface area contributed by atoms with Gasteiger partial charge >= 0.3 is 0 Å². The van der Waals surface area contributed by atoms with Crippen molar-refractivity contribution in [1.29, 1.82) is 0 Å². The molecular formula is C37H23N3O. The van der Waals surface area contributed by atoms with Crippen LogP contribution in [0.3, 0.4) is 0 Å². The Hall–Kier alpha value is -5.61. The SMILES string of the molecule is c1ccc(-c2nc(-c3ccccc3)nc(-c3c(-c4ccccc4)ccc4oc5cc6ccccc6cc5c34)n2)cc1. The summed E-state index contributed by atoms with van der Waals surface area (Å²) in [4.78, 5) is 15.2. The number of furan rings is 1. The first-order valence-electron chi connectivity index (χ1n) is 13.6. The van der Waals surface area contributed by atoms with Gasteiger partial charge in [0.25, 0.3) is 0 Å². The van der Waals surface area contributed by atoms with Crippen LogP contribution in [-0.4, -0.2) is 15.0 Å². The molecule has 192 valence electrons. The second-order valence-corrected chi connectivity index (χ2v) is 10.1. The highest BCUT2D eigenvalue weighted by atomic mass is 16.3. The Morgan fingerprint density at radius 3 is 1.54 bits per heavy atom. The van der Waals surface area contributed by atoms with Gasteiger partial charge in [0.2, 0.25) is 0 Å². The van der Waals surface area contributed by atoms with Gasteiger partial charge < -0.3 is 4.42 Å². The average molecular weight is 526 g/mol. The average Bonchev–Trinajstić information content (AvgIpc) is 3.41. The van der Waals surface area contributed by atoms with Gasteiger partial charge in [-0.3, -0.25) is 0 Å². The van der Waals surface area contributed by atoms with Gasteiger partial charge in [0.05, 0.1) is 0 Å². The van der Waals surface area contributed by atoms with Crippen molar-refractivity contribution in [2.75, 3.05) is 0 Å². The van der Waals surface area contributed by atoms with Gasteiger partial charge in [-0.1, -0.05) is 115 Å². The third-order valence-corrected chi connectivity index (χ3v) is 7.51. The Kier molecular flexibility index (Phi) is 5.42. The van der Waals surface area contributed by atoms with Crippen LogP contribution in [-0.2, 0) is 0 Å². The van der Waals surface area contributed by atoms with Crippen LogP contribution < -0.4 is 0 Å². The summed E-state index contributed by atoms with van der Waals surface area (Å²) < 4.78 is 6.47. The Bertz CT molecular complexity index is 2130. The molecule has 8 aromatic rings. The van der Waals surface area contributed by atoms with E-state index < -0.39 is 0 Å². The summed E-state index contributed by atoms with van der Waals surface area (Å²) in [6.07, 6.45) is 0. The monoisotopic (exact) mass is 525 g/mol. The third kappa shape index (κ3) is 4.05. The molecule has 6 aromatic carbocycles.